The Labute approximate surface area is 114 Å². The summed E-state index contributed by atoms with van der Waals surface area (Å²) >= 11 is 0. The lowest BCUT2D eigenvalue weighted by Gasteiger charge is -2.30. The van der Waals surface area contributed by atoms with Crippen LogP contribution in [0.15, 0.2) is 4.52 Å². The molecule has 0 bridgehead atoms. The molecule has 1 aromatic rings. The third-order valence-corrected chi connectivity index (χ3v) is 3.26. The van der Waals surface area contributed by atoms with Crippen LogP contribution in [0.3, 0.4) is 0 Å². The summed E-state index contributed by atoms with van der Waals surface area (Å²) in [5, 5.41) is 7.37. The number of nitrogens with zero attached hydrogens (tertiary/aromatic N) is 3. The second kappa shape index (κ2) is 6.98. The molecule has 2 heterocycles. The summed E-state index contributed by atoms with van der Waals surface area (Å²) in [6.45, 7) is 10.8. The lowest BCUT2D eigenvalue weighted by molar-refractivity contribution is -0.0334. The van der Waals surface area contributed by atoms with E-state index in [1.807, 2.05) is 0 Å². The van der Waals surface area contributed by atoms with Gasteiger partial charge in [-0.3, -0.25) is 4.90 Å². The van der Waals surface area contributed by atoms with Crippen molar-refractivity contribution in [2.75, 3.05) is 32.8 Å². The lowest BCUT2D eigenvalue weighted by Crippen LogP contribution is -2.38. The van der Waals surface area contributed by atoms with Gasteiger partial charge in [0.1, 0.15) is 6.10 Å². The van der Waals surface area contributed by atoms with E-state index in [0.29, 0.717) is 17.8 Å². The number of likely N-dealkylation sites (N-methyl/N-ethyl adjacent to an activating group) is 1. The number of hydrogen-bond acceptors (Lipinski definition) is 6. The molecule has 0 aromatic carbocycles. The molecular weight excluding hydrogens is 244 g/mol. The monoisotopic (exact) mass is 268 g/mol. The quantitative estimate of drug-likeness (QED) is 0.830. The SMILES string of the molecule is CCN1CCOC(c2noc(CCNC(C)C)n2)C1. The molecule has 108 valence electrons. The van der Waals surface area contributed by atoms with Crippen molar-refractivity contribution < 1.29 is 9.26 Å². The Balaban J connectivity index is 1.85. The number of morpholine rings is 1. The van der Waals surface area contributed by atoms with E-state index in [4.69, 9.17) is 9.26 Å². The van der Waals surface area contributed by atoms with Crippen molar-refractivity contribution in [3.63, 3.8) is 0 Å². The number of aromatic nitrogens is 2. The molecule has 6 heteroatoms. The van der Waals surface area contributed by atoms with Crippen LogP contribution in [0.5, 0.6) is 0 Å². The van der Waals surface area contributed by atoms with Crippen LogP contribution < -0.4 is 5.32 Å². The molecule has 1 aliphatic rings. The van der Waals surface area contributed by atoms with Crippen LogP contribution in [0.25, 0.3) is 0 Å². The molecule has 0 spiro atoms. The summed E-state index contributed by atoms with van der Waals surface area (Å²) in [5.74, 6) is 1.36. The summed E-state index contributed by atoms with van der Waals surface area (Å²) in [4.78, 5) is 6.77. The average Bonchev–Trinajstić information content (AvgIpc) is 2.87. The molecule has 1 fully saturated rings. The molecular formula is C13H24N4O2. The minimum absolute atomic E-state index is 0.0516. The fraction of sp³-hybridized carbons (Fsp3) is 0.846. The summed E-state index contributed by atoms with van der Waals surface area (Å²) < 4.78 is 11.0. The first kappa shape index (κ1) is 14.4. The molecule has 1 unspecified atom stereocenters. The Morgan fingerprint density at radius 2 is 2.32 bits per heavy atom. The van der Waals surface area contributed by atoms with Crippen LogP contribution >= 0.6 is 0 Å². The summed E-state index contributed by atoms with van der Waals surface area (Å²) in [6, 6.07) is 0.474. The maximum absolute atomic E-state index is 5.71. The maximum atomic E-state index is 5.71. The molecule has 1 saturated heterocycles. The first-order chi connectivity index (χ1) is 9.19. The van der Waals surface area contributed by atoms with Gasteiger partial charge in [0.25, 0.3) is 0 Å². The molecule has 2 rings (SSSR count). The van der Waals surface area contributed by atoms with E-state index in [-0.39, 0.29) is 6.10 Å². The topological polar surface area (TPSA) is 63.4 Å². The number of nitrogens with one attached hydrogen (secondary N) is 1. The van der Waals surface area contributed by atoms with E-state index in [0.717, 1.165) is 39.2 Å². The second-order valence-electron chi connectivity index (χ2n) is 5.16. The van der Waals surface area contributed by atoms with E-state index in [9.17, 15) is 0 Å². The van der Waals surface area contributed by atoms with Gasteiger partial charge in [-0.05, 0) is 6.54 Å². The van der Waals surface area contributed by atoms with Crippen molar-refractivity contribution in [3.8, 4) is 0 Å². The van der Waals surface area contributed by atoms with E-state index in [2.05, 4.69) is 41.1 Å². The van der Waals surface area contributed by atoms with Gasteiger partial charge in [0.15, 0.2) is 0 Å². The second-order valence-corrected chi connectivity index (χ2v) is 5.16. The zero-order valence-corrected chi connectivity index (χ0v) is 12.1. The predicted octanol–water partition coefficient (Wildman–Crippen LogP) is 1.00. The molecule has 19 heavy (non-hydrogen) atoms. The minimum Gasteiger partial charge on any atom is -0.367 e. The molecule has 1 aliphatic heterocycles. The number of ether oxygens (including phenoxy) is 1. The van der Waals surface area contributed by atoms with Gasteiger partial charge in [0.2, 0.25) is 11.7 Å². The standard InChI is InChI=1S/C13H24N4O2/c1-4-17-7-8-18-11(9-17)13-15-12(19-16-13)5-6-14-10(2)3/h10-11,14H,4-9H2,1-3H3. The van der Waals surface area contributed by atoms with Gasteiger partial charge in [-0.1, -0.05) is 25.9 Å². The van der Waals surface area contributed by atoms with Crippen LogP contribution in [0.4, 0.5) is 0 Å². The summed E-state index contributed by atoms with van der Waals surface area (Å²) in [5.41, 5.74) is 0. The van der Waals surface area contributed by atoms with E-state index >= 15 is 0 Å². The van der Waals surface area contributed by atoms with Crippen LogP contribution in [-0.2, 0) is 11.2 Å². The Morgan fingerprint density at radius 1 is 1.47 bits per heavy atom. The molecule has 0 aliphatic carbocycles. The lowest BCUT2D eigenvalue weighted by atomic mass is 10.2. The van der Waals surface area contributed by atoms with Crippen molar-refractivity contribution in [2.45, 2.75) is 39.3 Å². The van der Waals surface area contributed by atoms with Gasteiger partial charge in [-0.2, -0.15) is 4.98 Å². The molecule has 1 aromatic heterocycles. The highest BCUT2D eigenvalue weighted by atomic mass is 16.5. The van der Waals surface area contributed by atoms with Gasteiger partial charge in [-0.25, -0.2) is 0 Å². The van der Waals surface area contributed by atoms with Crippen molar-refractivity contribution in [2.24, 2.45) is 0 Å². The van der Waals surface area contributed by atoms with Crippen LogP contribution in [0, 0.1) is 0 Å². The highest BCUT2D eigenvalue weighted by Crippen LogP contribution is 2.19. The molecule has 6 nitrogen and oxygen atoms in total. The van der Waals surface area contributed by atoms with Gasteiger partial charge in [0, 0.05) is 32.1 Å². The highest BCUT2D eigenvalue weighted by Gasteiger charge is 2.25. The maximum Gasteiger partial charge on any atom is 0.228 e. The third kappa shape index (κ3) is 4.26. The third-order valence-electron chi connectivity index (χ3n) is 3.26. The Morgan fingerprint density at radius 3 is 3.05 bits per heavy atom. The zero-order chi connectivity index (χ0) is 13.7. The predicted molar refractivity (Wildman–Crippen MR) is 71.9 cm³/mol. The molecule has 1 atom stereocenters. The Kier molecular flexibility index (Phi) is 5.30. The smallest absolute Gasteiger partial charge is 0.228 e. The largest absolute Gasteiger partial charge is 0.367 e. The summed E-state index contributed by atoms with van der Waals surface area (Å²) in [7, 11) is 0. The van der Waals surface area contributed by atoms with Crippen LogP contribution in [0.2, 0.25) is 0 Å². The van der Waals surface area contributed by atoms with Crippen molar-refractivity contribution >= 4 is 0 Å². The first-order valence-electron chi connectivity index (χ1n) is 7.09. The summed E-state index contributed by atoms with van der Waals surface area (Å²) in [6.07, 6.45) is 0.708. The van der Waals surface area contributed by atoms with Crippen molar-refractivity contribution in [1.29, 1.82) is 0 Å². The van der Waals surface area contributed by atoms with Gasteiger partial charge < -0.3 is 14.6 Å². The fourth-order valence-electron chi connectivity index (χ4n) is 2.11. The molecule has 1 N–H and O–H groups in total. The molecule has 0 radical (unpaired) electrons. The van der Waals surface area contributed by atoms with E-state index in [1.54, 1.807) is 0 Å². The van der Waals surface area contributed by atoms with Crippen LogP contribution in [0.1, 0.15) is 38.6 Å². The highest BCUT2D eigenvalue weighted by molar-refractivity contribution is 4.94. The van der Waals surface area contributed by atoms with Crippen molar-refractivity contribution in [1.82, 2.24) is 20.4 Å². The first-order valence-corrected chi connectivity index (χ1v) is 7.09. The normalized spacial score (nSPS) is 21.2. The van der Waals surface area contributed by atoms with Crippen LogP contribution in [-0.4, -0.2) is 53.9 Å². The molecule has 0 saturated carbocycles. The minimum atomic E-state index is -0.0516. The average molecular weight is 268 g/mol. The Bertz CT molecular complexity index is 380. The van der Waals surface area contributed by atoms with E-state index in [1.165, 1.54) is 0 Å². The van der Waals surface area contributed by atoms with Crippen molar-refractivity contribution in [3.05, 3.63) is 11.7 Å². The molecule has 0 amide bonds. The van der Waals surface area contributed by atoms with Gasteiger partial charge in [0.05, 0.1) is 6.61 Å². The van der Waals surface area contributed by atoms with Gasteiger partial charge >= 0.3 is 0 Å². The fourth-order valence-corrected chi connectivity index (χ4v) is 2.11. The zero-order valence-electron chi connectivity index (χ0n) is 12.1. The number of hydrogen-bond donors (Lipinski definition) is 1. The van der Waals surface area contributed by atoms with E-state index < -0.39 is 0 Å². The number of rotatable bonds is 6. The van der Waals surface area contributed by atoms with Gasteiger partial charge in [-0.15, -0.1) is 0 Å². The Hall–Kier alpha value is -0.980.